The van der Waals surface area contributed by atoms with Crippen LogP contribution in [0.2, 0.25) is 0 Å². The Morgan fingerprint density at radius 2 is 0.913 bits per heavy atom. The van der Waals surface area contributed by atoms with E-state index in [0.717, 1.165) is 58.1 Å². The van der Waals surface area contributed by atoms with E-state index < -0.39 is 0 Å². The molecule has 1 heterocycles. The predicted molar refractivity (Wildman–Crippen MR) is 204 cm³/mol. The Morgan fingerprint density at radius 3 is 1.30 bits per heavy atom. The highest BCUT2D eigenvalue weighted by atomic mass is 16.7. The van der Waals surface area contributed by atoms with Crippen molar-refractivity contribution in [2.45, 2.75) is 173 Å². The van der Waals surface area contributed by atoms with E-state index in [1.165, 1.54) is 103 Å². The van der Waals surface area contributed by atoms with Gasteiger partial charge < -0.3 is 14.4 Å². The Hall–Kier alpha value is -1.68. The highest BCUT2D eigenvalue weighted by molar-refractivity contribution is 4.98. The fourth-order valence-corrected chi connectivity index (χ4v) is 5.79. The van der Waals surface area contributed by atoms with Gasteiger partial charge in [-0.2, -0.15) is 0 Å². The van der Waals surface area contributed by atoms with E-state index in [4.69, 9.17) is 9.47 Å². The van der Waals surface area contributed by atoms with Gasteiger partial charge in [-0.3, -0.25) is 0 Å². The first-order chi connectivity index (χ1) is 22.6. The summed E-state index contributed by atoms with van der Waals surface area (Å²) < 4.78 is 13.1. The van der Waals surface area contributed by atoms with Crippen LogP contribution in [0.5, 0.6) is 0 Å². The molecule has 0 aliphatic carbocycles. The minimum atomic E-state index is -0.354. The van der Waals surface area contributed by atoms with E-state index in [9.17, 15) is 0 Å². The average Bonchev–Trinajstić information content (AvgIpc) is 3.46. The zero-order valence-corrected chi connectivity index (χ0v) is 30.9. The molecule has 1 rings (SSSR count). The predicted octanol–water partition coefficient (Wildman–Crippen LogP) is 13.0. The van der Waals surface area contributed by atoms with E-state index in [1.807, 2.05) is 0 Å². The second-order valence-electron chi connectivity index (χ2n) is 13.5. The van der Waals surface area contributed by atoms with Crippen LogP contribution in [0.15, 0.2) is 72.9 Å². The molecule has 1 unspecified atom stereocenters. The van der Waals surface area contributed by atoms with Crippen LogP contribution in [-0.2, 0) is 9.47 Å². The lowest BCUT2D eigenvalue weighted by atomic mass is 9.99. The molecule has 3 nitrogen and oxygen atoms in total. The number of nitrogens with zero attached hydrogens (tertiary/aromatic N) is 1. The van der Waals surface area contributed by atoms with Crippen LogP contribution in [0.25, 0.3) is 0 Å². The summed E-state index contributed by atoms with van der Waals surface area (Å²) in [4.78, 5) is 2.25. The topological polar surface area (TPSA) is 21.7 Å². The molecule has 0 aromatic rings. The number of allylic oxidation sites excluding steroid dienone is 12. The Labute approximate surface area is 287 Å². The zero-order chi connectivity index (χ0) is 33.2. The molecule has 0 N–H and O–H groups in total. The third-order valence-corrected chi connectivity index (χ3v) is 8.71. The van der Waals surface area contributed by atoms with Crippen LogP contribution in [0.4, 0.5) is 0 Å². The Bertz CT molecular complexity index is 780. The van der Waals surface area contributed by atoms with Crippen LogP contribution < -0.4 is 0 Å². The van der Waals surface area contributed by atoms with Gasteiger partial charge in [0.2, 0.25) is 0 Å². The van der Waals surface area contributed by atoms with Gasteiger partial charge in [0.15, 0.2) is 5.79 Å². The first-order valence-corrected chi connectivity index (χ1v) is 19.5. The molecular formula is C43H75NO2. The molecule has 3 heteroatoms. The fourth-order valence-electron chi connectivity index (χ4n) is 5.79. The van der Waals surface area contributed by atoms with Crippen molar-refractivity contribution >= 4 is 0 Å². The maximum absolute atomic E-state index is 6.65. The Morgan fingerprint density at radius 1 is 0.522 bits per heavy atom. The molecule has 1 atom stereocenters. The quantitative estimate of drug-likeness (QED) is 0.0557. The fraction of sp³-hybridized carbons (Fsp3) is 0.721. The second kappa shape index (κ2) is 31.9. The lowest BCUT2D eigenvalue weighted by Crippen LogP contribution is -2.31. The zero-order valence-electron chi connectivity index (χ0n) is 30.9. The summed E-state index contributed by atoms with van der Waals surface area (Å²) in [6.07, 6.45) is 55.5. The molecule has 0 amide bonds. The lowest BCUT2D eigenvalue weighted by molar-refractivity contribution is -0.180. The van der Waals surface area contributed by atoms with Crippen molar-refractivity contribution in [2.24, 2.45) is 0 Å². The molecule has 0 spiro atoms. The molecular weight excluding hydrogens is 562 g/mol. The lowest BCUT2D eigenvalue weighted by Gasteiger charge is -2.28. The monoisotopic (exact) mass is 638 g/mol. The van der Waals surface area contributed by atoms with E-state index in [-0.39, 0.29) is 11.9 Å². The normalized spacial score (nSPS) is 17.3. The van der Waals surface area contributed by atoms with E-state index in [1.54, 1.807) is 0 Å². The van der Waals surface area contributed by atoms with Crippen molar-refractivity contribution in [1.82, 2.24) is 4.90 Å². The smallest absolute Gasteiger partial charge is 0.168 e. The van der Waals surface area contributed by atoms with Crippen molar-refractivity contribution in [3.05, 3.63) is 72.9 Å². The maximum atomic E-state index is 6.65. The average molecular weight is 638 g/mol. The molecule has 1 saturated heterocycles. The van der Waals surface area contributed by atoms with Gasteiger partial charge in [-0.15, -0.1) is 0 Å². The minimum absolute atomic E-state index is 0.238. The Balaban J connectivity index is 2.24. The van der Waals surface area contributed by atoms with Crippen molar-refractivity contribution in [2.75, 3.05) is 27.2 Å². The third kappa shape index (κ3) is 26.4. The van der Waals surface area contributed by atoms with Crippen LogP contribution >= 0.6 is 0 Å². The summed E-state index contributed by atoms with van der Waals surface area (Å²) in [6.45, 7) is 6.33. The van der Waals surface area contributed by atoms with Crippen molar-refractivity contribution in [3.8, 4) is 0 Å². The molecule has 1 aliphatic rings. The van der Waals surface area contributed by atoms with Crippen molar-refractivity contribution in [1.29, 1.82) is 0 Å². The van der Waals surface area contributed by atoms with Crippen molar-refractivity contribution < 1.29 is 9.47 Å². The summed E-state index contributed by atoms with van der Waals surface area (Å²) >= 11 is 0. The molecule has 1 fully saturated rings. The number of rotatable bonds is 31. The van der Waals surface area contributed by atoms with Crippen LogP contribution in [0, 0.1) is 0 Å². The highest BCUT2D eigenvalue weighted by Gasteiger charge is 2.40. The molecule has 0 aromatic carbocycles. The summed E-state index contributed by atoms with van der Waals surface area (Å²) in [6, 6.07) is 0. The van der Waals surface area contributed by atoms with Gasteiger partial charge in [0.25, 0.3) is 0 Å². The third-order valence-electron chi connectivity index (χ3n) is 8.71. The van der Waals surface area contributed by atoms with Gasteiger partial charge in [0, 0.05) is 19.4 Å². The first-order valence-electron chi connectivity index (χ1n) is 19.5. The molecule has 0 saturated carbocycles. The SMILES string of the molecule is CCCCC/C=C/C/C=C/C/C=C/CCCCCC1(CCCCC/C=C/C/C=C/C/C=C/CCCCC)OCC(CCN(C)C)O1. The van der Waals surface area contributed by atoms with Crippen LogP contribution in [-0.4, -0.2) is 44.0 Å². The molecule has 0 aromatic heterocycles. The number of hydrogen-bond donors (Lipinski definition) is 0. The molecule has 1 aliphatic heterocycles. The number of hydrogen-bond acceptors (Lipinski definition) is 3. The van der Waals surface area contributed by atoms with Gasteiger partial charge in [0.1, 0.15) is 0 Å². The van der Waals surface area contributed by atoms with Crippen LogP contribution in [0.3, 0.4) is 0 Å². The van der Waals surface area contributed by atoms with Gasteiger partial charge in [-0.05, 0) is 110 Å². The van der Waals surface area contributed by atoms with Crippen LogP contribution in [0.1, 0.15) is 162 Å². The molecule has 264 valence electrons. The van der Waals surface area contributed by atoms with E-state index >= 15 is 0 Å². The van der Waals surface area contributed by atoms with Gasteiger partial charge in [-0.1, -0.05) is 125 Å². The molecule has 0 radical (unpaired) electrons. The minimum Gasteiger partial charge on any atom is -0.347 e. The van der Waals surface area contributed by atoms with Crippen molar-refractivity contribution in [3.63, 3.8) is 0 Å². The first kappa shape index (κ1) is 42.3. The molecule has 46 heavy (non-hydrogen) atoms. The largest absolute Gasteiger partial charge is 0.347 e. The standard InChI is InChI=1S/C43H75NO2/c1-5-7-9-11-13-15-17-19-21-23-25-27-29-31-33-35-38-43(45-41-42(46-43)37-40-44(3)4)39-36-34-32-30-28-26-24-22-20-18-16-14-12-10-8-6-2/h13-16,19-22,25-28,42H,5-12,17-18,23-24,29-41H2,1-4H3/b15-13+,16-14+,21-19+,22-20+,27-25+,28-26+. The summed E-state index contributed by atoms with van der Waals surface area (Å²) in [5.74, 6) is -0.354. The summed E-state index contributed by atoms with van der Waals surface area (Å²) in [7, 11) is 4.28. The maximum Gasteiger partial charge on any atom is 0.168 e. The van der Waals surface area contributed by atoms with Gasteiger partial charge >= 0.3 is 0 Å². The second-order valence-corrected chi connectivity index (χ2v) is 13.5. The number of ether oxygens (including phenoxy) is 2. The summed E-state index contributed by atoms with van der Waals surface area (Å²) in [5, 5.41) is 0. The molecule has 0 bridgehead atoms. The number of unbranched alkanes of at least 4 members (excludes halogenated alkanes) is 12. The Kier molecular flexibility index (Phi) is 29.4. The highest BCUT2D eigenvalue weighted by Crippen LogP contribution is 2.35. The van der Waals surface area contributed by atoms with Gasteiger partial charge in [-0.25, -0.2) is 0 Å². The van der Waals surface area contributed by atoms with E-state index in [0.29, 0.717) is 0 Å². The van der Waals surface area contributed by atoms with Gasteiger partial charge in [0.05, 0.1) is 12.7 Å². The van der Waals surface area contributed by atoms with E-state index in [2.05, 4.69) is 106 Å². The summed E-state index contributed by atoms with van der Waals surface area (Å²) in [5.41, 5.74) is 0.